The first-order chi connectivity index (χ1) is 12.2. The molecular formula is C20H19N3O2. The van der Waals surface area contributed by atoms with Gasteiger partial charge in [-0.15, -0.1) is 0 Å². The zero-order chi connectivity index (χ0) is 17.6. The van der Waals surface area contributed by atoms with Gasteiger partial charge in [-0.1, -0.05) is 30.3 Å². The Balaban J connectivity index is 1.77. The van der Waals surface area contributed by atoms with Crippen molar-refractivity contribution >= 4 is 17.6 Å². The van der Waals surface area contributed by atoms with E-state index in [1.165, 1.54) is 12.7 Å². The lowest BCUT2D eigenvalue weighted by atomic mass is 10.1. The summed E-state index contributed by atoms with van der Waals surface area (Å²) in [5, 5.41) is 3.17. The molecule has 0 aliphatic rings. The van der Waals surface area contributed by atoms with Crippen LogP contribution in [0.15, 0.2) is 60.8 Å². The fourth-order valence-corrected chi connectivity index (χ4v) is 2.44. The molecular weight excluding hydrogens is 314 g/mol. The minimum atomic E-state index is -0.358. The summed E-state index contributed by atoms with van der Waals surface area (Å²) in [6, 6.07) is 17.2. The number of aromatic nitrogens is 2. The average Bonchev–Trinajstić information content (AvgIpc) is 2.65. The van der Waals surface area contributed by atoms with Gasteiger partial charge in [0.2, 0.25) is 5.95 Å². The van der Waals surface area contributed by atoms with E-state index in [1.54, 1.807) is 24.3 Å². The molecule has 0 aliphatic heterocycles. The molecule has 1 N–H and O–H groups in total. The standard InChI is InChI=1S/C20H19N3O2/c1-14-13-21-20(23-18(14)12-15-6-4-3-5-7-15)22-17-10-8-16(9-11-17)19(24)25-2/h3-11,13H,12H2,1-2H3,(H,21,22,23). The van der Waals surface area contributed by atoms with Crippen molar-refractivity contribution in [3.8, 4) is 0 Å². The van der Waals surface area contributed by atoms with Crippen molar-refractivity contribution in [2.45, 2.75) is 13.3 Å². The summed E-state index contributed by atoms with van der Waals surface area (Å²) in [5.74, 6) is 0.172. The van der Waals surface area contributed by atoms with E-state index in [0.717, 1.165) is 23.4 Å². The molecule has 3 rings (SSSR count). The maximum atomic E-state index is 11.5. The summed E-state index contributed by atoms with van der Waals surface area (Å²) in [7, 11) is 1.36. The van der Waals surface area contributed by atoms with Crippen molar-refractivity contribution in [1.29, 1.82) is 0 Å². The second kappa shape index (κ2) is 7.57. The molecule has 25 heavy (non-hydrogen) atoms. The summed E-state index contributed by atoms with van der Waals surface area (Å²) < 4.78 is 4.70. The predicted molar refractivity (Wildman–Crippen MR) is 97.1 cm³/mol. The number of nitrogens with one attached hydrogen (secondary N) is 1. The van der Waals surface area contributed by atoms with E-state index >= 15 is 0 Å². The highest BCUT2D eigenvalue weighted by molar-refractivity contribution is 5.89. The number of methoxy groups -OCH3 is 1. The van der Waals surface area contributed by atoms with E-state index in [1.807, 2.05) is 31.3 Å². The van der Waals surface area contributed by atoms with Gasteiger partial charge in [-0.3, -0.25) is 0 Å². The van der Waals surface area contributed by atoms with Gasteiger partial charge in [-0.05, 0) is 42.3 Å². The first-order valence-electron chi connectivity index (χ1n) is 7.97. The highest BCUT2D eigenvalue weighted by Gasteiger charge is 2.07. The summed E-state index contributed by atoms with van der Waals surface area (Å²) >= 11 is 0. The topological polar surface area (TPSA) is 64.1 Å². The van der Waals surface area contributed by atoms with Crippen molar-refractivity contribution in [2.24, 2.45) is 0 Å². The third-order valence-corrected chi connectivity index (χ3v) is 3.85. The smallest absolute Gasteiger partial charge is 0.337 e. The molecule has 0 amide bonds. The van der Waals surface area contributed by atoms with Gasteiger partial charge in [0.25, 0.3) is 0 Å². The summed E-state index contributed by atoms with van der Waals surface area (Å²) in [4.78, 5) is 20.4. The number of benzene rings is 2. The Labute approximate surface area is 146 Å². The van der Waals surface area contributed by atoms with Crippen LogP contribution in [-0.4, -0.2) is 23.0 Å². The fourth-order valence-electron chi connectivity index (χ4n) is 2.44. The van der Waals surface area contributed by atoms with Gasteiger partial charge in [0.15, 0.2) is 0 Å². The number of rotatable bonds is 5. The van der Waals surface area contributed by atoms with Crippen LogP contribution in [0.3, 0.4) is 0 Å². The molecule has 0 unspecified atom stereocenters. The van der Waals surface area contributed by atoms with Crippen molar-refractivity contribution in [3.05, 3.63) is 83.2 Å². The van der Waals surface area contributed by atoms with Crippen LogP contribution in [0.1, 0.15) is 27.2 Å². The van der Waals surface area contributed by atoms with Crippen LogP contribution in [0.5, 0.6) is 0 Å². The Morgan fingerprint density at radius 2 is 1.80 bits per heavy atom. The van der Waals surface area contributed by atoms with Crippen molar-refractivity contribution in [1.82, 2.24) is 9.97 Å². The normalized spacial score (nSPS) is 10.3. The second-order valence-electron chi connectivity index (χ2n) is 5.68. The Hall–Kier alpha value is -3.21. The number of aryl methyl sites for hydroxylation is 1. The van der Waals surface area contributed by atoms with Crippen molar-refractivity contribution < 1.29 is 9.53 Å². The molecule has 0 fully saturated rings. The van der Waals surface area contributed by atoms with Gasteiger partial charge < -0.3 is 10.1 Å². The number of carbonyl (C=O) groups excluding carboxylic acids is 1. The third-order valence-electron chi connectivity index (χ3n) is 3.85. The zero-order valence-corrected chi connectivity index (χ0v) is 14.2. The molecule has 1 heterocycles. The minimum Gasteiger partial charge on any atom is -0.465 e. The predicted octanol–water partition coefficient (Wildman–Crippen LogP) is 3.91. The quantitative estimate of drug-likeness (QED) is 0.717. The molecule has 0 saturated heterocycles. The van der Waals surface area contributed by atoms with Gasteiger partial charge in [-0.2, -0.15) is 0 Å². The number of esters is 1. The largest absolute Gasteiger partial charge is 0.465 e. The fraction of sp³-hybridized carbons (Fsp3) is 0.150. The van der Waals surface area contributed by atoms with E-state index in [-0.39, 0.29) is 5.97 Å². The molecule has 2 aromatic carbocycles. The minimum absolute atomic E-state index is 0.358. The molecule has 0 aliphatic carbocycles. The monoisotopic (exact) mass is 333 g/mol. The number of nitrogens with zero attached hydrogens (tertiary/aromatic N) is 2. The molecule has 3 aromatic rings. The lowest BCUT2D eigenvalue weighted by Crippen LogP contribution is -2.04. The van der Waals surface area contributed by atoms with E-state index in [4.69, 9.17) is 4.74 Å². The maximum Gasteiger partial charge on any atom is 0.337 e. The van der Waals surface area contributed by atoms with Crippen LogP contribution >= 0.6 is 0 Å². The number of hydrogen-bond donors (Lipinski definition) is 1. The number of hydrogen-bond acceptors (Lipinski definition) is 5. The van der Waals surface area contributed by atoms with Crippen LogP contribution < -0.4 is 5.32 Å². The van der Waals surface area contributed by atoms with Crippen molar-refractivity contribution in [2.75, 3.05) is 12.4 Å². The lowest BCUT2D eigenvalue weighted by molar-refractivity contribution is 0.0601. The molecule has 0 atom stereocenters. The number of anilines is 2. The molecule has 126 valence electrons. The lowest BCUT2D eigenvalue weighted by Gasteiger charge is -2.09. The van der Waals surface area contributed by atoms with E-state index in [2.05, 4.69) is 27.4 Å². The summed E-state index contributed by atoms with van der Waals surface area (Å²) in [6.45, 7) is 2.01. The number of ether oxygens (including phenoxy) is 1. The Morgan fingerprint density at radius 3 is 2.48 bits per heavy atom. The van der Waals surface area contributed by atoms with Gasteiger partial charge in [0.1, 0.15) is 0 Å². The maximum absolute atomic E-state index is 11.5. The van der Waals surface area contributed by atoms with Crippen LogP contribution in [0.4, 0.5) is 11.6 Å². The van der Waals surface area contributed by atoms with Crippen LogP contribution in [-0.2, 0) is 11.2 Å². The van der Waals surface area contributed by atoms with Crippen molar-refractivity contribution in [3.63, 3.8) is 0 Å². The van der Waals surface area contributed by atoms with Crippen LogP contribution in [0, 0.1) is 6.92 Å². The van der Waals surface area contributed by atoms with Gasteiger partial charge in [0, 0.05) is 18.3 Å². The first-order valence-corrected chi connectivity index (χ1v) is 7.97. The second-order valence-corrected chi connectivity index (χ2v) is 5.68. The molecule has 0 spiro atoms. The SMILES string of the molecule is COC(=O)c1ccc(Nc2ncc(C)c(Cc3ccccc3)n2)cc1. The Bertz CT molecular complexity index is 862. The summed E-state index contributed by atoms with van der Waals surface area (Å²) in [6.07, 6.45) is 2.57. The Morgan fingerprint density at radius 1 is 1.08 bits per heavy atom. The van der Waals surface area contributed by atoms with Crippen LogP contribution in [0.2, 0.25) is 0 Å². The van der Waals surface area contributed by atoms with Gasteiger partial charge in [-0.25, -0.2) is 14.8 Å². The van der Waals surface area contributed by atoms with Gasteiger partial charge >= 0.3 is 5.97 Å². The molecule has 5 heteroatoms. The molecule has 0 radical (unpaired) electrons. The van der Waals surface area contributed by atoms with E-state index < -0.39 is 0 Å². The highest BCUT2D eigenvalue weighted by atomic mass is 16.5. The molecule has 0 bridgehead atoms. The zero-order valence-electron chi connectivity index (χ0n) is 14.2. The molecule has 1 aromatic heterocycles. The van der Waals surface area contributed by atoms with E-state index in [9.17, 15) is 4.79 Å². The molecule has 5 nitrogen and oxygen atoms in total. The number of carbonyl (C=O) groups is 1. The van der Waals surface area contributed by atoms with Gasteiger partial charge in [0.05, 0.1) is 18.4 Å². The Kier molecular flexibility index (Phi) is 5.04. The van der Waals surface area contributed by atoms with E-state index in [0.29, 0.717) is 11.5 Å². The average molecular weight is 333 g/mol. The molecule has 0 saturated carbocycles. The highest BCUT2D eigenvalue weighted by Crippen LogP contribution is 2.17. The third kappa shape index (κ3) is 4.20. The van der Waals surface area contributed by atoms with Crippen LogP contribution in [0.25, 0.3) is 0 Å². The summed E-state index contributed by atoms with van der Waals surface area (Å²) in [5.41, 5.74) is 4.55. The first kappa shape index (κ1) is 16.6.